The molecule has 0 spiro atoms. The van der Waals surface area contributed by atoms with Gasteiger partial charge in [0.2, 0.25) is 0 Å². The Bertz CT molecular complexity index is 2940. The summed E-state index contributed by atoms with van der Waals surface area (Å²) in [5.41, 5.74) is 16.4. The smallest absolute Gasteiger partial charge is 0.367 e. The number of para-hydroxylation sites is 4. The number of fused-ring (bicyclic) bond motifs is 5. The molecule has 0 aliphatic heterocycles. The minimum absolute atomic E-state index is 0. The van der Waals surface area contributed by atoms with E-state index in [0.29, 0.717) is 0 Å². The average Bonchev–Trinajstić information content (AvgIpc) is 3.91. The van der Waals surface area contributed by atoms with Crippen LogP contribution in [-0.4, -0.2) is 19.1 Å². The van der Waals surface area contributed by atoms with Crippen LogP contribution < -0.4 is 0 Å². The van der Waals surface area contributed by atoms with Gasteiger partial charge in [-0.25, -0.2) is 0 Å². The number of rotatable bonds is 6. The third kappa shape index (κ3) is 5.47. The molecule has 0 bridgehead atoms. The second-order valence-electron chi connectivity index (χ2n) is 14.9. The van der Waals surface area contributed by atoms with E-state index in [4.69, 9.17) is 9.97 Å². The van der Waals surface area contributed by atoms with Crippen LogP contribution in [0.4, 0.5) is 0 Å². The molecule has 5 heteroatoms. The first kappa shape index (κ1) is 35.8. The molecule has 8 aromatic carbocycles. The molecular weight excluding hydrogens is 888 g/mol. The molecular formula is C53H36N4Pt. The van der Waals surface area contributed by atoms with Crippen LogP contribution in [0.5, 0.6) is 0 Å². The summed E-state index contributed by atoms with van der Waals surface area (Å²) >= 11 is 0. The fourth-order valence-electron chi connectivity index (χ4n) is 9.11. The molecule has 0 atom stereocenters. The summed E-state index contributed by atoms with van der Waals surface area (Å²) < 4.78 is 4.38. The molecule has 1 aliphatic rings. The van der Waals surface area contributed by atoms with Gasteiger partial charge in [-0.15, -0.1) is 69.8 Å². The molecule has 0 N–H and O–H groups in total. The van der Waals surface area contributed by atoms with Crippen LogP contribution in [0, 0.1) is 12.1 Å². The fourth-order valence-corrected chi connectivity index (χ4v) is 9.11. The molecule has 11 rings (SSSR count). The van der Waals surface area contributed by atoms with Gasteiger partial charge in [-0.05, 0) is 57.6 Å². The van der Waals surface area contributed by atoms with Gasteiger partial charge < -0.3 is 9.13 Å². The van der Waals surface area contributed by atoms with Crippen LogP contribution in [0.15, 0.2) is 182 Å². The average molecular weight is 924 g/mol. The predicted octanol–water partition coefficient (Wildman–Crippen LogP) is 12.1. The number of hydrogen-bond donors (Lipinski definition) is 0. The van der Waals surface area contributed by atoms with E-state index < -0.39 is 5.41 Å². The number of hydrogen-bond acceptors (Lipinski definition) is 2. The molecule has 0 radical (unpaired) electrons. The molecule has 0 saturated carbocycles. The summed E-state index contributed by atoms with van der Waals surface area (Å²) in [6.45, 7) is 0. The van der Waals surface area contributed by atoms with E-state index in [1.807, 2.05) is 12.1 Å². The van der Waals surface area contributed by atoms with Crippen molar-refractivity contribution in [2.75, 3.05) is 0 Å². The maximum Gasteiger partial charge on any atom is 2.00 e. The second kappa shape index (κ2) is 14.1. The Morgan fingerprint density at radius 1 is 0.414 bits per heavy atom. The Kier molecular flexibility index (Phi) is 8.69. The van der Waals surface area contributed by atoms with E-state index in [2.05, 4.69) is 205 Å². The predicted molar refractivity (Wildman–Crippen MR) is 232 cm³/mol. The molecule has 0 unspecified atom stereocenters. The Morgan fingerprint density at radius 2 is 0.793 bits per heavy atom. The van der Waals surface area contributed by atoms with E-state index in [-0.39, 0.29) is 21.1 Å². The van der Waals surface area contributed by atoms with Gasteiger partial charge in [0, 0.05) is 19.5 Å². The maximum atomic E-state index is 5.22. The van der Waals surface area contributed by atoms with Crippen LogP contribution in [0.1, 0.15) is 22.3 Å². The monoisotopic (exact) mass is 923 g/mol. The van der Waals surface area contributed by atoms with Crippen molar-refractivity contribution >= 4 is 22.1 Å². The van der Waals surface area contributed by atoms with Gasteiger partial charge in [-0.1, -0.05) is 133 Å². The molecule has 0 saturated heterocycles. The molecule has 58 heavy (non-hydrogen) atoms. The Balaban J connectivity index is 0.00000408. The summed E-state index contributed by atoms with van der Waals surface area (Å²) in [5, 5.41) is 0. The zero-order chi connectivity index (χ0) is 38.1. The summed E-state index contributed by atoms with van der Waals surface area (Å²) in [4.78, 5) is 10.4. The van der Waals surface area contributed by atoms with Crippen LogP contribution in [-0.2, 0) is 40.6 Å². The van der Waals surface area contributed by atoms with Crippen molar-refractivity contribution in [3.8, 4) is 56.2 Å². The van der Waals surface area contributed by atoms with Crippen LogP contribution in [0.3, 0.4) is 0 Å². The summed E-state index contributed by atoms with van der Waals surface area (Å²) in [5.74, 6) is 1.74. The molecule has 2 aromatic heterocycles. The number of aryl methyl sites for hydroxylation is 2. The van der Waals surface area contributed by atoms with Crippen LogP contribution in [0.2, 0.25) is 0 Å². The Labute approximate surface area is 352 Å². The number of imidazole rings is 2. The third-order valence-electron chi connectivity index (χ3n) is 11.8. The maximum absolute atomic E-state index is 5.22. The summed E-state index contributed by atoms with van der Waals surface area (Å²) in [6, 6.07) is 73.0. The van der Waals surface area contributed by atoms with Crippen LogP contribution in [0.25, 0.3) is 78.2 Å². The van der Waals surface area contributed by atoms with E-state index in [1.54, 1.807) is 0 Å². The second-order valence-corrected chi connectivity index (χ2v) is 14.9. The van der Waals surface area contributed by atoms with E-state index in [1.165, 1.54) is 22.3 Å². The van der Waals surface area contributed by atoms with Crippen molar-refractivity contribution in [1.82, 2.24) is 19.1 Å². The van der Waals surface area contributed by atoms with Gasteiger partial charge in [0.1, 0.15) is 0 Å². The first-order valence-corrected chi connectivity index (χ1v) is 19.4. The summed E-state index contributed by atoms with van der Waals surface area (Å²) in [7, 11) is 4.20. The van der Waals surface area contributed by atoms with E-state index >= 15 is 0 Å². The van der Waals surface area contributed by atoms with Gasteiger partial charge >= 0.3 is 21.1 Å². The van der Waals surface area contributed by atoms with Crippen LogP contribution >= 0.6 is 0 Å². The number of aromatic nitrogens is 4. The minimum atomic E-state index is -0.804. The molecule has 0 amide bonds. The number of benzene rings is 8. The van der Waals surface area contributed by atoms with Gasteiger partial charge in [-0.2, -0.15) is 0 Å². The fraction of sp³-hybridized carbons (Fsp3) is 0.0566. The van der Waals surface area contributed by atoms with Crippen molar-refractivity contribution < 1.29 is 21.1 Å². The van der Waals surface area contributed by atoms with Crippen molar-refractivity contribution in [1.29, 1.82) is 0 Å². The van der Waals surface area contributed by atoms with Crippen molar-refractivity contribution in [2.24, 2.45) is 14.1 Å². The molecule has 0 fully saturated rings. The number of nitrogens with zero attached hydrogens (tertiary/aromatic N) is 4. The topological polar surface area (TPSA) is 35.6 Å². The normalized spacial score (nSPS) is 12.7. The standard InChI is InChI=1S/C53H36N4.Pt/c1-56-49-27-15-13-25-47(49)54-51(56)39-29-37(35-17-5-3-6-18-35)31-41(33-39)53(45-23-11-9-21-43(45)44-22-10-12-24-46(44)53)42-32-38(36-19-7-4-8-20-36)30-40(34-42)52-55-48-26-14-16-28-50(48)57(52)2;/h3-32H,1-2H3;/q-2;+2. The quantitative estimate of drug-likeness (QED) is 0.156. The summed E-state index contributed by atoms with van der Waals surface area (Å²) in [6.07, 6.45) is 0. The van der Waals surface area contributed by atoms with Gasteiger partial charge in [0.25, 0.3) is 0 Å². The van der Waals surface area contributed by atoms with E-state index in [9.17, 15) is 0 Å². The first-order valence-electron chi connectivity index (χ1n) is 19.4. The van der Waals surface area contributed by atoms with Crippen molar-refractivity contribution in [3.05, 3.63) is 216 Å². The Morgan fingerprint density at radius 3 is 1.22 bits per heavy atom. The molecule has 4 nitrogen and oxygen atoms in total. The largest absolute Gasteiger partial charge is 2.00 e. The zero-order valence-corrected chi connectivity index (χ0v) is 34.2. The SMILES string of the molecule is Cn1c(-c2[c-]c(C3(c4[c-]c(-c5nc6ccccc6n5C)cc(-c5ccccc5)c4)c4ccccc4-c4ccccc43)cc(-c3ccccc3)c2)nc2ccccc21.[Pt+2]. The van der Waals surface area contributed by atoms with E-state index in [0.717, 1.165) is 78.2 Å². The van der Waals surface area contributed by atoms with Crippen molar-refractivity contribution in [3.63, 3.8) is 0 Å². The third-order valence-corrected chi connectivity index (χ3v) is 11.8. The first-order chi connectivity index (χ1) is 28.1. The molecule has 10 aromatic rings. The molecule has 2 heterocycles. The molecule has 278 valence electrons. The molecule has 1 aliphatic carbocycles. The zero-order valence-electron chi connectivity index (χ0n) is 31.9. The van der Waals surface area contributed by atoms with Gasteiger partial charge in [0.15, 0.2) is 0 Å². The van der Waals surface area contributed by atoms with Gasteiger partial charge in [0.05, 0.1) is 33.7 Å². The van der Waals surface area contributed by atoms with Gasteiger partial charge in [-0.3, -0.25) is 9.97 Å². The Hall–Kier alpha value is -6.61. The van der Waals surface area contributed by atoms with Crippen molar-refractivity contribution in [2.45, 2.75) is 5.41 Å². The minimum Gasteiger partial charge on any atom is -0.367 e.